The summed E-state index contributed by atoms with van der Waals surface area (Å²) < 4.78 is 37.7. The summed E-state index contributed by atoms with van der Waals surface area (Å²) >= 11 is 0. The number of urea groups is 1. The molecule has 33 heavy (non-hydrogen) atoms. The van der Waals surface area contributed by atoms with Gasteiger partial charge in [-0.15, -0.1) is 0 Å². The summed E-state index contributed by atoms with van der Waals surface area (Å²) in [6.07, 6.45) is 3.87. The highest BCUT2D eigenvalue weighted by molar-refractivity contribution is 7.89. The number of imide groups is 1. The lowest BCUT2D eigenvalue weighted by atomic mass is 10.1. The van der Waals surface area contributed by atoms with Crippen molar-refractivity contribution in [3.05, 3.63) is 29.9 Å². The Morgan fingerprint density at radius 1 is 1.18 bits per heavy atom. The van der Waals surface area contributed by atoms with Gasteiger partial charge in [0.05, 0.1) is 23.8 Å². The van der Waals surface area contributed by atoms with Crippen LogP contribution in [0.25, 0.3) is 0 Å². The number of carbonyl (C=O) groups excluding carboxylic acids is 2. The average molecular weight is 480 g/mol. The molecule has 1 atom stereocenters. The van der Waals surface area contributed by atoms with E-state index in [9.17, 15) is 18.0 Å². The highest BCUT2D eigenvalue weighted by Gasteiger charge is 2.46. The maximum Gasteiger partial charge on any atom is 0.322 e. The Morgan fingerprint density at radius 2 is 1.88 bits per heavy atom. The molecule has 4 heterocycles. The van der Waals surface area contributed by atoms with E-state index in [1.807, 2.05) is 17.9 Å². The summed E-state index contributed by atoms with van der Waals surface area (Å²) in [5, 5.41) is 8.36. The molecule has 14 heteroatoms. The monoisotopic (exact) mass is 479 g/mol. The van der Waals surface area contributed by atoms with Gasteiger partial charge < -0.3 is 19.5 Å². The van der Waals surface area contributed by atoms with Gasteiger partial charge in [-0.2, -0.15) is 4.31 Å². The third kappa shape index (κ3) is 5.06. The molecule has 0 saturated carbocycles. The Bertz CT molecular complexity index is 1130. The predicted octanol–water partition coefficient (Wildman–Crippen LogP) is -0.344. The molecular weight excluding hydrogens is 454 g/mol. The fraction of sp³-hybridized carbons (Fsp3) is 0.526. The van der Waals surface area contributed by atoms with Gasteiger partial charge in [-0.05, 0) is 13.3 Å². The number of hydrogen-bond acceptors (Lipinski definition) is 10. The van der Waals surface area contributed by atoms with Gasteiger partial charge in [-0.3, -0.25) is 10.1 Å². The zero-order chi connectivity index (χ0) is 23.6. The number of piperazine rings is 1. The maximum atomic E-state index is 12.8. The Morgan fingerprint density at radius 3 is 2.45 bits per heavy atom. The van der Waals surface area contributed by atoms with Crippen LogP contribution in [0.15, 0.2) is 23.0 Å². The smallest absolute Gasteiger partial charge is 0.322 e. The number of hydrogen-bond donors (Lipinski definition) is 2. The van der Waals surface area contributed by atoms with E-state index in [1.165, 1.54) is 11.2 Å². The van der Waals surface area contributed by atoms with Crippen LogP contribution in [0.1, 0.15) is 25.3 Å². The molecule has 2 aliphatic rings. The third-order valence-electron chi connectivity index (χ3n) is 5.47. The highest BCUT2D eigenvalue weighted by Crippen LogP contribution is 2.20. The minimum Gasteiger partial charge on any atom is -0.482 e. The first-order valence-corrected chi connectivity index (χ1v) is 12.0. The predicted molar refractivity (Wildman–Crippen MR) is 115 cm³/mol. The lowest BCUT2D eigenvalue weighted by molar-refractivity contribution is -0.122. The molecular formula is C19H25N7O6S. The van der Waals surface area contributed by atoms with Gasteiger partial charge in [0, 0.05) is 32.2 Å². The van der Waals surface area contributed by atoms with E-state index in [0.29, 0.717) is 30.5 Å². The van der Waals surface area contributed by atoms with Crippen LogP contribution < -0.4 is 20.3 Å². The van der Waals surface area contributed by atoms with Gasteiger partial charge in [0.2, 0.25) is 16.0 Å². The lowest BCUT2D eigenvalue weighted by Gasteiger charge is -2.35. The van der Waals surface area contributed by atoms with Crippen LogP contribution in [0.2, 0.25) is 0 Å². The van der Waals surface area contributed by atoms with E-state index in [4.69, 9.17) is 9.26 Å². The highest BCUT2D eigenvalue weighted by atomic mass is 32.2. The Labute approximate surface area is 190 Å². The molecule has 2 aromatic rings. The summed E-state index contributed by atoms with van der Waals surface area (Å²) in [6, 6.07) is 1.13. The molecule has 2 aromatic heterocycles. The van der Waals surface area contributed by atoms with Crippen LogP contribution in [0.5, 0.6) is 5.75 Å². The molecule has 0 unspecified atom stereocenters. The number of nitrogens with one attached hydrogen (secondary N) is 2. The molecule has 2 fully saturated rings. The molecule has 2 N–H and O–H groups in total. The summed E-state index contributed by atoms with van der Waals surface area (Å²) in [5.41, 5.74) is -0.637. The number of rotatable bonds is 8. The van der Waals surface area contributed by atoms with E-state index in [1.54, 1.807) is 12.4 Å². The molecule has 0 aliphatic carbocycles. The van der Waals surface area contributed by atoms with Crippen LogP contribution in [0.3, 0.4) is 0 Å². The van der Waals surface area contributed by atoms with Crippen molar-refractivity contribution in [2.24, 2.45) is 0 Å². The van der Waals surface area contributed by atoms with Crippen molar-refractivity contribution in [1.82, 2.24) is 30.1 Å². The summed E-state index contributed by atoms with van der Waals surface area (Å²) in [7, 11) is -3.77. The zero-order valence-corrected chi connectivity index (χ0v) is 19.1. The van der Waals surface area contributed by atoms with Gasteiger partial charge in [-0.1, -0.05) is 12.1 Å². The number of sulfonamides is 1. The average Bonchev–Trinajstić information content (AvgIpc) is 3.35. The number of amides is 3. The molecule has 0 spiro atoms. The van der Waals surface area contributed by atoms with Gasteiger partial charge in [0.15, 0.2) is 11.5 Å². The summed E-state index contributed by atoms with van der Waals surface area (Å²) in [6.45, 7) is 4.77. The van der Waals surface area contributed by atoms with Crippen molar-refractivity contribution < 1.29 is 27.3 Å². The molecule has 2 aliphatic heterocycles. The van der Waals surface area contributed by atoms with Crippen molar-refractivity contribution in [1.29, 1.82) is 0 Å². The molecule has 2 saturated heterocycles. The fourth-order valence-corrected chi connectivity index (χ4v) is 5.43. The fourth-order valence-electron chi connectivity index (χ4n) is 3.60. The van der Waals surface area contributed by atoms with Crippen molar-refractivity contribution >= 4 is 27.9 Å². The lowest BCUT2D eigenvalue weighted by Crippen LogP contribution is -2.56. The van der Waals surface area contributed by atoms with E-state index in [0.717, 1.165) is 12.1 Å². The molecule has 0 radical (unpaired) electrons. The second-order valence-corrected chi connectivity index (χ2v) is 10.00. The minimum atomic E-state index is -3.77. The van der Waals surface area contributed by atoms with E-state index in [2.05, 4.69) is 25.8 Å². The van der Waals surface area contributed by atoms with E-state index >= 15 is 0 Å². The van der Waals surface area contributed by atoms with Gasteiger partial charge >= 0.3 is 6.03 Å². The van der Waals surface area contributed by atoms with E-state index in [-0.39, 0.29) is 19.7 Å². The van der Waals surface area contributed by atoms with Crippen molar-refractivity contribution in [2.45, 2.75) is 32.4 Å². The van der Waals surface area contributed by atoms with Gasteiger partial charge in [-0.25, -0.2) is 23.2 Å². The molecule has 3 amide bonds. The Hall–Kier alpha value is -3.26. The SMILES string of the molecule is CCc1cc(COc2cnc(N3CCN(S(=O)(=O)C[C@@]4(C)NC(=O)NC4=O)CC3)nc2)on1. The molecule has 0 bridgehead atoms. The molecule has 178 valence electrons. The van der Waals surface area contributed by atoms with Gasteiger partial charge in [0.25, 0.3) is 5.91 Å². The number of ether oxygens (including phenoxy) is 1. The van der Waals surface area contributed by atoms with Crippen LogP contribution in [-0.4, -0.2) is 77.3 Å². The van der Waals surface area contributed by atoms with Crippen LogP contribution in [0, 0.1) is 0 Å². The van der Waals surface area contributed by atoms with Gasteiger partial charge in [0.1, 0.15) is 12.1 Å². The van der Waals surface area contributed by atoms with Crippen LogP contribution in [-0.2, 0) is 27.8 Å². The zero-order valence-electron chi connectivity index (χ0n) is 18.3. The van der Waals surface area contributed by atoms with Crippen LogP contribution in [0.4, 0.5) is 10.7 Å². The number of aromatic nitrogens is 3. The standard InChI is InChI=1S/C19H25N7O6S/c1-3-13-8-14(32-24-13)11-31-15-9-20-17(21-10-15)25-4-6-26(7-5-25)33(29,30)12-19(2)16(27)22-18(28)23-19/h8-10H,3-7,11-12H2,1-2H3,(H2,22,23,27,28)/t19-/m1/s1. The Balaban J connectivity index is 1.30. The van der Waals surface area contributed by atoms with Crippen LogP contribution >= 0.6 is 0 Å². The second-order valence-electron chi connectivity index (χ2n) is 8.03. The quantitative estimate of drug-likeness (QED) is 0.479. The first-order valence-electron chi connectivity index (χ1n) is 10.4. The minimum absolute atomic E-state index is 0.209. The number of anilines is 1. The summed E-state index contributed by atoms with van der Waals surface area (Å²) in [5.74, 6) is 0.378. The van der Waals surface area contributed by atoms with E-state index < -0.39 is 33.3 Å². The number of carbonyl (C=O) groups is 2. The first-order chi connectivity index (χ1) is 15.7. The largest absolute Gasteiger partial charge is 0.482 e. The van der Waals surface area contributed by atoms with Crippen molar-refractivity contribution in [3.8, 4) is 5.75 Å². The topological polar surface area (TPSA) is 160 Å². The normalized spacial score (nSPS) is 21.7. The Kier molecular flexibility index (Phi) is 6.21. The summed E-state index contributed by atoms with van der Waals surface area (Å²) in [4.78, 5) is 33.8. The number of aryl methyl sites for hydroxylation is 1. The first kappa shape index (κ1) is 22.9. The number of nitrogens with zero attached hydrogens (tertiary/aromatic N) is 5. The molecule has 0 aromatic carbocycles. The third-order valence-corrected chi connectivity index (χ3v) is 7.56. The van der Waals surface area contributed by atoms with Crippen molar-refractivity contribution in [3.63, 3.8) is 0 Å². The molecule has 13 nitrogen and oxygen atoms in total. The second kappa shape index (κ2) is 8.94. The maximum absolute atomic E-state index is 12.8. The molecule has 4 rings (SSSR count). The van der Waals surface area contributed by atoms with Crippen molar-refractivity contribution in [2.75, 3.05) is 36.8 Å².